The molecule has 0 aromatic carbocycles. The zero-order valence-corrected chi connectivity index (χ0v) is 14.6. The molecule has 0 aliphatic carbocycles. The summed E-state index contributed by atoms with van der Waals surface area (Å²) in [5.41, 5.74) is 0. The van der Waals surface area contributed by atoms with Gasteiger partial charge in [0, 0.05) is 21.3 Å². The van der Waals surface area contributed by atoms with Gasteiger partial charge in [-0.25, -0.2) is 0 Å². The second kappa shape index (κ2) is 8.35. The van der Waals surface area contributed by atoms with Crippen LogP contribution in [-0.4, -0.2) is 98.1 Å². The number of aliphatic hydroxyl groups excluding tert-OH is 3. The van der Waals surface area contributed by atoms with E-state index in [0.29, 0.717) is 0 Å². The van der Waals surface area contributed by atoms with Crippen LogP contribution >= 0.6 is 0 Å². The van der Waals surface area contributed by atoms with Crippen LogP contribution in [0, 0.1) is 0 Å². The van der Waals surface area contributed by atoms with E-state index in [1.165, 1.54) is 21.3 Å². The maximum absolute atomic E-state index is 10.3. The molecule has 2 aliphatic rings. The Bertz CT molecular complexity index is 395. The van der Waals surface area contributed by atoms with E-state index >= 15 is 0 Å². The Morgan fingerprint density at radius 2 is 1.25 bits per heavy atom. The zero-order chi connectivity index (χ0) is 18.0. The van der Waals surface area contributed by atoms with Gasteiger partial charge < -0.3 is 43.7 Å². The quantitative estimate of drug-likeness (QED) is 0.550. The monoisotopic (exact) mass is 352 g/mol. The van der Waals surface area contributed by atoms with Crippen molar-refractivity contribution in [3.05, 3.63) is 0 Å². The molecule has 2 rings (SSSR count). The average Bonchev–Trinajstić information content (AvgIpc) is 2.54. The van der Waals surface area contributed by atoms with Gasteiger partial charge in [0.15, 0.2) is 12.6 Å². The van der Waals surface area contributed by atoms with Crippen molar-refractivity contribution < 1.29 is 43.7 Å². The third kappa shape index (κ3) is 3.74. The number of hydrogen-bond donors (Lipinski definition) is 3. The van der Waals surface area contributed by atoms with Crippen molar-refractivity contribution in [3.63, 3.8) is 0 Å². The lowest BCUT2D eigenvalue weighted by atomic mass is 9.97. The SMILES string of the molecule is CO[C@@H]1[C@@H](O)[C@H](C)O[C@@H](O[C@H]2C(O)O[C@@H](C)[C@H](OC)[C@H]2OC)[C@@H]1O. The second-order valence-electron chi connectivity index (χ2n) is 6.12. The van der Waals surface area contributed by atoms with E-state index in [2.05, 4.69) is 0 Å². The molecule has 0 spiro atoms. The lowest BCUT2D eigenvalue weighted by Gasteiger charge is -2.46. The molecule has 0 bridgehead atoms. The van der Waals surface area contributed by atoms with E-state index in [1.807, 2.05) is 0 Å². The van der Waals surface area contributed by atoms with E-state index in [-0.39, 0.29) is 0 Å². The van der Waals surface area contributed by atoms with Crippen molar-refractivity contribution in [1.29, 1.82) is 0 Å². The number of aliphatic hydroxyl groups is 3. The Morgan fingerprint density at radius 3 is 1.79 bits per heavy atom. The van der Waals surface area contributed by atoms with Crippen LogP contribution in [-0.2, 0) is 28.4 Å². The van der Waals surface area contributed by atoms with Crippen molar-refractivity contribution in [2.24, 2.45) is 0 Å². The Labute approximate surface area is 141 Å². The molecule has 9 nitrogen and oxygen atoms in total. The Kier molecular flexibility index (Phi) is 6.94. The molecule has 3 N–H and O–H groups in total. The number of rotatable bonds is 5. The number of methoxy groups -OCH3 is 3. The topological polar surface area (TPSA) is 116 Å². The molecule has 0 saturated carbocycles. The molecule has 9 heteroatoms. The highest BCUT2D eigenvalue weighted by atomic mass is 16.7. The molecule has 2 aliphatic heterocycles. The summed E-state index contributed by atoms with van der Waals surface area (Å²) in [7, 11) is 4.36. The van der Waals surface area contributed by atoms with Crippen LogP contribution in [0.15, 0.2) is 0 Å². The van der Waals surface area contributed by atoms with Crippen LogP contribution in [0.5, 0.6) is 0 Å². The predicted molar refractivity (Wildman–Crippen MR) is 80.2 cm³/mol. The average molecular weight is 352 g/mol. The fourth-order valence-corrected chi connectivity index (χ4v) is 3.27. The van der Waals surface area contributed by atoms with Gasteiger partial charge in [-0.3, -0.25) is 0 Å². The molecule has 2 saturated heterocycles. The van der Waals surface area contributed by atoms with Crippen molar-refractivity contribution in [2.45, 2.75) is 75.3 Å². The van der Waals surface area contributed by atoms with Crippen LogP contribution in [0.4, 0.5) is 0 Å². The maximum Gasteiger partial charge on any atom is 0.187 e. The van der Waals surface area contributed by atoms with Gasteiger partial charge in [-0.2, -0.15) is 0 Å². The molecular weight excluding hydrogens is 324 g/mol. The summed E-state index contributed by atoms with van der Waals surface area (Å²) in [5.74, 6) is 0. The maximum atomic E-state index is 10.3. The molecule has 1 unspecified atom stereocenters. The Hall–Kier alpha value is -0.360. The summed E-state index contributed by atoms with van der Waals surface area (Å²) in [6, 6.07) is 0. The molecule has 2 fully saturated rings. The van der Waals surface area contributed by atoms with Crippen LogP contribution in [0.2, 0.25) is 0 Å². The van der Waals surface area contributed by atoms with Gasteiger partial charge in [-0.1, -0.05) is 0 Å². The van der Waals surface area contributed by atoms with E-state index in [9.17, 15) is 15.3 Å². The largest absolute Gasteiger partial charge is 0.388 e. The standard InChI is InChI=1S/C15H28O9/c1-6-8(16)11(20-4)9(17)15(23-6)24-13-12(21-5)10(19-3)7(2)22-14(13)18/h6-18H,1-5H3/t6-,7-,8-,9+,10-,11+,12+,13+,14?,15-/m0/s1. The molecule has 0 aromatic rings. The summed E-state index contributed by atoms with van der Waals surface area (Å²) in [6.07, 6.45) is -8.60. The second-order valence-corrected chi connectivity index (χ2v) is 6.12. The van der Waals surface area contributed by atoms with Gasteiger partial charge in [-0.15, -0.1) is 0 Å². The first-order valence-corrected chi connectivity index (χ1v) is 7.94. The van der Waals surface area contributed by atoms with Gasteiger partial charge in [0.05, 0.1) is 12.2 Å². The van der Waals surface area contributed by atoms with Gasteiger partial charge in [-0.05, 0) is 13.8 Å². The van der Waals surface area contributed by atoms with Crippen molar-refractivity contribution in [1.82, 2.24) is 0 Å². The van der Waals surface area contributed by atoms with Crippen molar-refractivity contribution >= 4 is 0 Å². The van der Waals surface area contributed by atoms with Crippen LogP contribution in [0.3, 0.4) is 0 Å². The molecule has 0 amide bonds. The molecule has 142 valence electrons. The fourth-order valence-electron chi connectivity index (χ4n) is 3.27. The molecule has 0 radical (unpaired) electrons. The van der Waals surface area contributed by atoms with E-state index < -0.39 is 61.4 Å². The van der Waals surface area contributed by atoms with Crippen LogP contribution in [0.1, 0.15) is 13.8 Å². The van der Waals surface area contributed by atoms with E-state index in [1.54, 1.807) is 13.8 Å². The van der Waals surface area contributed by atoms with Gasteiger partial charge in [0.25, 0.3) is 0 Å². The smallest absolute Gasteiger partial charge is 0.187 e. The summed E-state index contributed by atoms with van der Waals surface area (Å²) < 4.78 is 32.6. The van der Waals surface area contributed by atoms with Crippen molar-refractivity contribution in [3.8, 4) is 0 Å². The number of ether oxygens (including phenoxy) is 6. The highest BCUT2D eigenvalue weighted by Gasteiger charge is 2.50. The van der Waals surface area contributed by atoms with Gasteiger partial charge in [0.2, 0.25) is 0 Å². The van der Waals surface area contributed by atoms with E-state index in [0.717, 1.165) is 0 Å². The Balaban J connectivity index is 2.15. The first kappa shape index (κ1) is 20.0. The summed E-state index contributed by atoms with van der Waals surface area (Å²) >= 11 is 0. The Morgan fingerprint density at radius 1 is 0.667 bits per heavy atom. The fraction of sp³-hybridized carbons (Fsp3) is 1.00. The summed E-state index contributed by atoms with van der Waals surface area (Å²) in [5, 5.41) is 30.6. The van der Waals surface area contributed by atoms with Gasteiger partial charge >= 0.3 is 0 Å². The number of hydrogen-bond acceptors (Lipinski definition) is 9. The van der Waals surface area contributed by atoms with Crippen LogP contribution in [0.25, 0.3) is 0 Å². The molecular formula is C15H28O9. The summed E-state index contributed by atoms with van der Waals surface area (Å²) in [6.45, 7) is 3.39. The first-order valence-electron chi connectivity index (χ1n) is 7.94. The van der Waals surface area contributed by atoms with Crippen LogP contribution < -0.4 is 0 Å². The minimum absolute atomic E-state index is 0.403. The molecule has 2 heterocycles. The lowest BCUT2D eigenvalue weighted by molar-refractivity contribution is -0.360. The lowest BCUT2D eigenvalue weighted by Crippen LogP contribution is -2.63. The predicted octanol–water partition coefficient (Wildman–Crippen LogP) is -1.38. The zero-order valence-electron chi connectivity index (χ0n) is 14.6. The summed E-state index contributed by atoms with van der Waals surface area (Å²) in [4.78, 5) is 0. The minimum atomic E-state index is -1.28. The highest BCUT2D eigenvalue weighted by Crippen LogP contribution is 2.30. The molecule has 10 atom stereocenters. The molecule has 24 heavy (non-hydrogen) atoms. The highest BCUT2D eigenvalue weighted by molar-refractivity contribution is 4.93. The first-order chi connectivity index (χ1) is 11.3. The minimum Gasteiger partial charge on any atom is -0.388 e. The normalized spacial score (nSPS) is 50.0. The van der Waals surface area contributed by atoms with Crippen molar-refractivity contribution in [2.75, 3.05) is 21.3 Å². The third-order valence-electron chi connectivity index (χ3n) is 4.63. The third-order valence-corrected chi connectivity index (χ3v) is 4.63. The molecule has 0 aromatic heterocycles. The van der Waals surface area contributed by atoms with E-state index in [4.69, 9.17) is 28.4 Å². The van der Waals surface area contributed by atoms with Gasteiger partial charge in [0.1, 0.15) is 36.6 Å².